The zero-order valence-electron chi connectivity index (χ0n) is 9.80. The van der Waals surface area contributed by atoms with Crippen molar-refractivity contribution < 1.29 is 4.42 Å². The topological polar surface area (TPSA) is 42.5 Å². The molecule has 5 heteroatoms. The molecule has 1 aliphatic rings. The van der Waals surface area contributed by atoms with Crippen LogP contribution in [0.5, 0.6) is 0 Å². The highest BCUT2D eigenvalue weighted by Gasteiger charge is 2.19. The van der Waals surface area contributed by atoms with Crippen molar-refractivity contribution in [3.8, 4) is 0 Å². The number of hydrogen-bond acceptors (Lipinski definition) is 3. The van der Waals surface area contributed by atoms with Crippen LogP contribution >= 0.6 is 11.6 Å². The normalized spacial score (nSPS) is 19.1. The molecule has 3 heterocycles. The number of nitrogens with one attached hydrogen (secondary N) is 1. The maximum Gasteiger partial charge on any atom is 0.196 e. The number of furan rings is 1. The lowest BCUT2D eigenvalue weighted by Gasteiger charge is -2.18. The molecule has 0 aliphatic carbocycles. The van der Waals surface area contributed by atoms with Crippen molar-refractivity contribution in [1.82, 2.24) is 9.88 Å². The SMILES string of the molecule is Cn1cccc1C1C=C(c2ccco2)NC(Cl)=N1. The van der Waals surface area contributed by atoms with Gasteiger partial charge in [0.15, 0.2) is 5.29 Å². The van der Waals surface area contributed by atoms with Crippen LogP contribution in [0.4, 0.5) is 0 Å². The van der Waals surface area contributed by atoms with Gasteiger partial charge in [0.1, 0.15) is 11.8 Å². The zero-order chi connectivity index (χ0) is 12.5. The molecule has 0 spiro atoms. The minimum Gasteiger partial charge on any atom is -0.463 e. The molecule has 4 nitrogen and oxygen atoms in total. The average Bonchev–Trinajstić information content (AvgIpc) is 2.98. The summed E-state index contributed by atoms with van der Waals surface area (Å²) >= 11 is 6.04. The van der Waals surface area contributed by atoms with E-state index >= 15 is 0 Å². The van der Waals surface area contributed by atoms with Gasteiger partial charge in [0, 0.05) is 18.9 Å². The van der Waals surface area contributed by atoms with E-state index in [9.17, 15) is 0 Å². The maximum atomic E-state index is 6.04. The lowest BCUT2D eigenvalue weighted by atomic mass is 10.1. The molecule has 18 heavy (non-hydrogen) atoms. The van der Waals surface area contributed by atoms with Crippen LogP contribution in [-0.4, -0.2) is 9.86 Å². The molecule has 1 unspecified atom stereocenters. The summed E-state index contributed by atoms with van der Waals surface area (Å²) in [5, 5.41) is 3.37. The molecule has 2 aromatic heterocycles. The van der Waals surface area contributed by atoms with Crippen molar-refractivity contribution >= 4 is 22.6 Å². The van der Waals surface area contributed by atoms with E-state index in [0.29, 0.717) is 5.29 Å². The number of aliphatic imine (C=N–C) groups is 1. The van der Waals surface area contributed by atoms with Gasteiger partial charge in [0.2, 0.25) is 0 Å². The molecule has 1 N–H and O–H groups in total. The Bertz CT molecular complexity index is 610. The fraction of sp³-hybridized carbons (Fsp3) is 0.154. The van der Waals surface area contributed by atoms with E-state index in [-0.39, 0.29) is 6.04 Å². The summed E-state index contributed by atoms with van der Waals surface area (Å²) in [6.45, 7) is 0. The average molecular weight is 262 g/mol. The molecule has 0 aromatic carbocycles. The predicted octanol–water partition coefficient (Wildman–Crippen LogP) is 2.90. The lowest BCUT2D eigenvalue weighted by molar-refractivity contribution is 0.549. The minimum atomic E-state index is -0.0983. The van der Waals surface area contributed by atoms with Crippen LogP contribution in [0.3, 0.4) is 0 Å². The summed E-state index contributed by atoms with van der Waals surface area (Å²) in [5.74, 6) is 0.752. The highest BCUT2D eigenvalue weighted by atomic mass is 35.5. The molecule has 0 saturated heterocycles. The molecular formula is C13H12ClN3O. The summed E-state index contributed by atoms with van der Waals surface area (Å²) in [6, 6.07) is 7.64. The van der Waals surface area contributed by atoms with Crippen LogP contribution < -0.4 is 5.32 Å². The van der Waals surface area contributed by atoms with Crippen molar-refractivity contribution in [2.75, 3.05) is 0 Å². The minimum absolute atomic E-state index is 0.0983. The molecule has 3 rings (SSSR count). The van der Waals surface area contributed by atoms with Crippen LogP contribution in [0.2, 0.25) is 0 Å². The third kappa shape index (κ3) is 1.95. The van der Waals surface area contributed by atoms with Crippen molar-refractivity contribution in [3.05, 3.63) is 54.3 Å². The Morgan fingerprint density at radius 3 is 2.94 bits per heavy atom. The van der Waals surface area contributed by atoms with Crippen LogP contribution in [0, 0.1) is 0 Å². The standard InChI is InChI=1S/C13H12ClN3O/c1-17-6-2-4-11(17)9-8-10(16-13(14)15-9)12-5-3-7-18-12/h2-9H,1H3,(H,15,16). The number of hydrogen-bond donors (Lipinski definition) is 1. The van der Waals surface area contributed by atoms with Crippen LogP contribution in [0.15, 0.2) is 52.2 Å². The van der Waals surface area contributed by atoms with Crippen LogP contribution in [0.1, 0.15) is 17.5 Å². The lowest BCUT2D eigenvalue weighted by Crippen LogP contribution is -2.22. The molecule has 1 aliphatic heterocycles. The quantitative estimate of drug-likeness (QED) is 0.845. The number of nitrogens with zero attached hydrogens (tertiary/aromatic N) is 2. The zero-order valence-corrected chi connectivity index (χ0v) is 10.6. The fourth-order valence-electron chi connectivity index (χ4n) is 2.01. The molecule has 0 radical (unpaired) electrons. The van der Waals surface area contributed by atoms with E-state index < -0.39 is 0 Å². The summed E-state index contributed by atoms with van der Waals surface area (Å²) in [7, 11) is 1.99. The highest BCUT2D eigenvalue weighted by Crippen LogP contribution is 2.27. The Morgan fingerprint density at radius 1 is 1.39 bits per heavy atom. The first kappa shape index (κ1) is 11.2. The molecule has 0 saturated carbocycles. The van der Waals surface area contributed by atoms with E-state index in [1.54, 1.807) is 6.26 Å². The molecule has 92 valence electrons. The smallest absolute Gasteiger partial charge is 0.196 e. The van der Waals surface area contributed by atoms with Gasteiger partial charge < -0.3 is 14.3 Å². The number of aryl methyl sites for hydroxylation is 1. The van der Waals surface area contributed by atoms with E-state index in [1.165, 1.54) is 0 Å². The van der Waals surface area contributed by atoms with Gasteiger partial charge in [0.25, 0.3) is 0 Å². The van der Waals surface area contributed by atoms with Crippen molar-refractivity contribution in [2.24, 2.45) is 12.0 Å². The first-order valence-corrected chi connectivity index (χ1v) is 5.99. The Labute approximate surface area is 110 Å². The largest absolute Gasteiger partial charge is 0.463 e. The van der Waals surface area contributed by atoms with Gasteiger partial charge in [0.05, 0.1) is 12.0 Å². The second-order valence-electron chi connectivity index (χ2n) is 4.09. The Kier molecular flexibility index (Phi) is 2.72. The Balaban J connectivity index is 2.00. The number of aromatic nitrogens is 1. The molecular weight excluding hydrogens is 250 g/mol. The fourth-order valence-corrected chi connectivity index (χ4v) is 2.22. The van der Waals surface area contributed by atoms with Gasteiger partial charge in [-0.25, -0.2) is 4.99 Å². The number of amidine groups is 1. The van der Waals surface area contributed by atoms with E-state index in [1.807, 2.05) is 48.2 Å². The summed E-state index contributed by atoms with van der Waals surface area (Å²) < 4.78 is 7.39. The molecule has 0 bridgehead atoms. The summed E-state index contributed by atoms with van der Waals surface area (Å²) in [4.78, 5) is 4.38. The Morgan fingerprint density at radius 2 is 2.28 bits per heavy atom. The van der Waals surface area contributed by atoms with Crippen molar-refractivity contribution in [3.63, 3.8) is 0 Å². The van der Waals surface area contributed by atoms with E-state index in [0.717, 1.165) is 17.2 Å². The van der Waals surface area contributed by atoms with Gasteiger partial charge in [-0.15, -0.1) is 0 Å². The van der Waals surface area contributed by atoms with Crippen molar-refractivity contribution in [1.29, 1.82) is 0 Å². The number of halogens is 1. The summed E-state index contributed by atoms with van der Waals surface area (Å²) in [5.41, 5.74) is 1.92. The van der Waals surface area contributed by atoms with Gasteiger partial charge in [-0.2, -0.15) is 0 Å². The highest BCUT2D eigenvalue weighted by molar-refractivity contribution is 6.65. The van der Waals surface area contributed by atoms with E-state index in [2.05, 4.69) is 10.3 Å². The second kappa shape index (κ2) is 4.38. The summed E-state index contributed by atoms with van der Waals surface area (Å²) in [6.07, 6.45) is 5.62. The van der Waals surface area contributed by atoms with E-state index in [4.69, 9.17) is 16.0 Å². The Hall–Kier alpha value is -1.94. The predicted molar refractivity (Wildman–Crippen MR) is 71.3 cm³/mol. The van der Waals surface area contributed by atoms with Gasteiger partial charge in [-0.3, -0.25) is 0 Å². The molecule has 1 atom stereocenters. The van der Waals surface area contributed by atoms with Crippen LogP contribution in [0.25, 0.3) is 5.70 Å². The third-order valence-corrected chi connectivity index (χ3v) is 3.08. The second-order valence-corrected chi connectivity index (χ2v) is 4.45. The monoisotopic (exact) mass is 261 g/mol. The van der Waals surface area contributed by atoms with Gasteiger partial charge in [-0.1, -0.05) is 0 Å². The third-order valence-electron chi connectivity index (χ3n) is 2.89. The molecule has 0 amide bonds. The first-order valence-electron chi connectivity index (χ1n) is 5.61. The number of rotatable bonds is 2. The molecule has 0 fully saturated rings. The van der Waals surface area contributed by atoms with Gasteiger partial charge >= 0.3 is 0 Å². The maximum absolute atomic E-state index is 6.04. The first-order chi connectivity index (χ1) is 8.74. The molecule has 2 aromatic rings. The van der Waals surface area contributed by atoms with Crippen molar-refractivity contribution in [2.45, 2.75) is 6.04 Å². The van der Waals surface area contributed by atoms with Crippen LogP contribution in [-0.2, 0) is 7.05 Å². The van der Waals surface area contributed by atoms with Gasteiger partial charge in [-0.05, 0) is 41.9 Å².